The highest BCUT2D eigenvalue weighted by atomic mass is 35.5. The molecule has 3 N–H and O–H groups in total. The number of carbonyl (C=O) groups is 1. The van der Waals surface area contributed by atoms with Crippen molar-refractivity contribution in [2.45, 2.75) is 30.2 Å². The monoisotopic (exact) mass is 330 g/mol. The lowest BCUT2D eigenvalue weighted by Gasteiger charge is -2.29. The van der Waals surface area contributed by atoms with E-state index in [0.29, 0.717) is 18.2 Å². The molecule has 1 unspecified atom stereocenters. The summed E-state index contributed by atoms with van der Waals surface area (Å²) < 4.78 is 5.17. The molecule has 1 aliphatic rings. The Balaban J connectivity index is 0.00000220. The van der Waals surface area contributed by atoms with Crippen molar-refractivity contribution in [2.24, 2.45) is 11.7 Å². The minimum atomic E-state index is -0.244. The van der Waals surface area contributed by atoms with Crippen molar-refractivity contribution in [3.05, 3.63) is 24.3 Å². The molecule has 4 nitrogen and oxygen atoms in total. The van der Waals surface area contributed by atoms with Crippen LogP contribution in [0.15, 0.2) is 29.2 Å². The molecule has 0 aromatic heterocycles. The van der Waals surface area contributed by atoms with E-state index in [0.717, 1.165) is 23.5 Å². The fourth-order valence-electron chi connectivity index (χ4n) is 2.23. The molecule has 0 heterocycles. The maximum Gasteiger partial charge on any atom is 0.230 e. The first-order chi connectivity index (χ1) is 9.57. The predicted molar refractivity (Wildman–Crippen MR) is 89.3 cm³/mol. The van der Waals surface area contributed by atoms with Gasteiger partial charge in [-0.1, -0.05) is 6.07 Å². The van der Waals surface area contributed by atoms with Crippen molar-refractivity contribution >= 4 is 30.1 Å². The fraction of sp³-hybridized carbons (Fsp3) is 0.533. The van der Waals surface area contributed by atoms with Gasteiger partial charge in [0.05, 0.1) is 18.4 Å². The summed E-state index contributed by atoms with van der Waals surface area (Å²) in [6.07, 6.45) is 2.33. The zero-order chi connectivity index (χ0) is 14.6. The SMILES string of the molecule is COc1cccc(SCC(=O)NC(C)(CN)C2CC2)c1.Cl. The molecule has 6 heteroatoms. The van der Waals surface area contributed by atoms with E-state index in [-0.39, 0.29) is 23.9 Å². The standard InChI is InChI=1S/C15H22N2O2S.ClH/c1-15(10-16,11-6-7-11)17-14(18)9-20-13-5-3-4-12(8-13)19-2;/h3-5,8,11H,6-7,9-10,16H2,1-2H3,(H,17,18);1H. The number of benzene rings is 1. The molecule has 1 atom stereocenters. The average molecular weight is 331 g/mol. The summed E-state index contributed by atoms with van der Waals surface area (Å²) >= 11 is 1.51. The van der Waals surface area contributed by atoms with Crippen molar-refractivity contribution in [1.29, 1.82) is 0 Å². The van der Waals surface area contributed by atoms with Crippen LogP contribution < -0.4 is 15.8 Å². The summed E-state index contributed by atoms with van der Waals surface area (Å²) in [6, 6.07) is 7.72. The number of amides is 1. The van der Waals surface area contributed by atoms with Gasteiger partial charge in [0.15, 0.2) is 0 Å². The van der Waals surface area contributed by atoms with Crippen LogP contribution in [0.25, 0.3) is 0 Å². The molecular weight excluding hydrogens is 308 g/mol. The minimum Gasteiger partial charge on any atom is -0.497 e. The van der Waals surface area contributed by atoms with Crippen molar-refractivity contribution in [3.8, 4) is 5.75 Å². The van der Waals surface area contributed by atoms with Gasteiger partial charge in [0, 0.05) is 11.4 Å². The maximum absolute atomic E-state index is 12.1. The molecule has 0 aliphatic heterocycles. The second-order valence-electron chi connectivity index (χ2n) is 5.41. The van der Waals surface area contributed by atoms with E-state index >= 15 is 0 Å². The molecule has 0 spiro atoms. The van der Waals surface area contributed by atoms with Gasteiger partial charge in [-0.3, -0.25) is 4.79 Å². The molecule has 118 valence electrons. The van der Waals surface area contributed by atoms with E-state index in [1.807, 2.05) is 31.2 Å². The Hall–Kier alpha value is -0.910. The van der Waals surface area contributed by atoms with Gasteiger partial charge in [0.1, 0.15) is 5.75 Å². The van der Waals surface area contributed by atoms with Crippen LogP contribution in [-0.4, -0.2) is 30.9 Å². The molecule has 1 amide bonds. The van der Waals surface area contributed by atoms with Gasteiger partial charge in [-0.25, -0.2) is 0 Å². The Morgan fingerprint density at radius 2 is 2.24 bits per heavy atom. The number of nitrogens with two attached hydrogens (primary N) is 1. The van der Waals surface area contributed by atoms with Crippen molar-refractivity contribution < 1.29 is 9.53 Å². The highest BCUT2D eigenvalue weighted by Gasteiger charge is 2.41. The Bertz CT molecular complexity index is 482. The highest BCUT2D eigenvalue weighted by molar-refractivity contribution is 8.00. The van der Waals surface area contributed by atoms with E-state index in [9.17, 15) is 4.79 Å². The largest absolute Gasteiger partial charge is 0.497 e. The van der Waals surface area contributed by atoms with E-state index in [2.05, 4.69) is 5.32 Å². The van der Waals surface area contributed by atoms with Crippen LogP contribution in [0.1, 0.15) is 19.8 Å². The molecule has 2 rings (SSSR count). The number of ether oxygens (including phenoxy) is 1. The van der Waals surface area contributed by atoms with Crippen LogP contribution in [0.3, 0.4) is 0 Å². The Kier molecular flexibility index (Phi) is 6.84. The zero-order valence-corrected chi connectivity index (χ0v) is 14.1. The Morgan fingerprint density at radius 3 is 2.81 bits per heavy atom. The molecule has 1 aromatic rings. The van der Waals surface area contributed by atoms with Gasteiger partial charge in [-0.15, -0.1) is 24.2 Å². The Morgan fingerprint density at radius 1 is 1.52 bits per heavy atom. The average Bonchev–Trinajstić information content (AvgIpc) is 3.30. The van der Waals surface area contributed by atoms with Crippen LogP contribution in [0.2, 0.25) is 0 Å². The van der Waals surface area contributed by atoms with Crippen molar-refractivity contribution in [3.63, 3.8) is 0 Å². The third-order valence-corrected chi connectivity index (χ3v) is 4.73. The normalized spacial score (nSPS) is 16.5. The number of rotatable bonds is 7. The van der Waals surface area contributed by atoms with E-state index in [1.165, 1.54) is 11.8 Å². The van der Waals surface area contributed by atoms with Gasteiger partial charge in [-0.05, 0) is 43.9 Å². The molecule has 21 heavy (non-hydrogen) atoms. The Labute approximate surface area is 136 Å². The number of nitrogens with one attached hydrogen (secondary N) is 1. The van der Waals surface area contributed by atoms with Crippen LogP contribution in [0.5, 0.6) is 5.75 Å². The fourth-order valence-corrected chi connectivity index (χ4v) is 2.98. The van der Waals surface area contributed by atoms with Gasteiger partial charge < -0.3 is 15.8 Å². The summed E-state index contributed by atoms with van der Waals surface area (Å²) in [5, 5.41) is 3.09. The van der Waals surface area contributed by atoms with Crippen LogP contribution >= 0.6 is 24.2 Å². The second kappa shape index (κ2) is 7.92. The molecule has 0 bridgehead atoms. The third-order valence-electron chi connectivity index (χ3n) is 3.74. The molecule has 0 saturated heterocycles. The summed E-state index contributed by atoms with van der Waals surface area (Å²) in [7, 11) is 1.64. The zero-order valence-electron chi connectivity index (χ0n) is 12.4. The first-order valence-corrected chi connectivity index (χ1v) is 7.84. The first-order valence-electron chi connectivity index (χ1n) is 6.85. The topological polar surface area (TPSA) is 64.3 Å². The quantitative estimate of drug-likeness (QED) is 0.754. The van der Waals surface area contributed by atoms with Gasteiger partial charge >= 0.3 is 0 Å². The third kappa shape index (κ3) is 5.09. The summed E-state index contributed by atoms with van der Waals surface area (Å²) in [6.45, 7) is 2.53. The number of halogens is 1. The number of methoxy groups -OCH3 is 1. The summed E-state index contributed by atoms with van der Waals surface area (Å²) in [5.41, 5.74) is 5.56. The van der Waals surface area contributed by atoms with E-state index < -0.39 is 0 Å². The van der Waals surface area contributed by atoms with E-state index in [4.69, 9.17) is 10.5 Å². The lowest BCUT2D eigenvalue weighted by atomic mass is 9.96. The van der Waals surface area contributed by atoms with Crippen LogP contribution in [-0.2, 0) is 4.79 Å². The molecule has 1 aliphatic carbocycles. The molecule has 1 fully saturated rings. The predicted octanol–water partition coefficient (Wildman–Crippen LogP) is 2.45. The second-order valence-corrected chi connectivity index (χ2v) is 6.46. The van der Waals surface area contributed by atoms with Gasteiger partial charge in [0.2, 0.25) is 5.91 Å². The lowest BCUT2D eigenvalue weighted by Crippen LogP contribution is -2.53. The molecule has 1 aromatic carbocycles. The highest BCUT2D eigenvalue weighted by Crippen LogP contribution is 2.39. The minimum absolute atomic E-state index is 0. The number of hydrogen-bond acceptors (Lipinski definition) is 4. The molecule has 1 saturated carbocycles. The lowest BCUT2D eigenvalue weighted by molar-refractivity contribution is -0.120. The summed E-state index contributed by atoms with van der Waals surface area (Å²) in [4.78, 5) is 13.1. The van der Waals surface area contributed by atoms with Crippen molar-refractivity contribution in [1.82, 2.24) is 5.32 Å². The van der Waals surface area contributed by atoms with Gasteiger partial charge in [0.25, 0.3) is 0 Å². The number of carbonyl (C=O) groups excluding carboxylic acids is 1. The first kappa shape index (κ1) is 18.1. The van der Waals surface area contributed by atoms with E-state index in [1.54, 1.807) is 7.11 Å². The maximum atomic E-state index is 12.1. The summed E-state index contributed by atoms with van der Waals surface area (Å²) in [5.74, 6) is 1.78. The smallest absolute Gasteiger partial charge is 0.230 e. The molecular formula is C15H23ClN2O2S. The number of hydrogen-bond donors (Lipinski definition) is 2. The number of thioether (sulfide) groups is 1. The van der Waals surface area contributed by atoms with Crippen LogP contribution in [0.4, 0.5) is 0 Å². The van der Waals surface area contributed by atoms with Crippen molar-refractivity contribution in [2.75, 3.05) is 19.4 Å². The van der Waals surface area contributed by atoms with Gasteiger partial charge in [-0.2, -0.15) is 0 Å². The van der Waals surface area contributed by atoms with Crippen LogP contribution in [0, 0.1) is 5.92 Å². The molecule has 0 radical (unpaired) electrons.